The molecule has 0 aliphatic heterocycles. The first-order valence-corrected chi connectivity index (χ1v) is 5.01. The van der Waals surface area contributed by atoms with Gasteiger partial charge in [0.2, 0.25) is 0 Å². The molecule has 0 aromatic rings. The van der Waals surface area contributed by atoms with Gasteiger partial charge < -0.3 is 0 Å². The molecule has 0 radical (unpaired) electrons. The van der Waals surface area contributed by atoms with E-state index in [0.29, 0.717) is 0 Å². The number of hydrogen-bond donors (Lipinski definition) is 0. The van der Waals surface area contributed by atoms with Crippen LogP contribution >= 0.6 is 0 Å². The molecule has 0 N–H and O–H groups in total. The lowest BCUT2D eigenvalue weighted by atomic mass is 9.74. The minimum Gasteiger partial charge on any atom is -0.297 e. The fraction of sp³-hybridized carbons (Fsp3) is 0.818. The monoisotopic (exact) mass is 179 g/mol. The van der Waals surface area contributed by atoms with Crippen molar-refractivity contribution in [3.8, 4) is 6.07 Å². The predicted molar refractivity (Wildman–Crippen MR) is 51.0 cm³/mol. The Hall–Kier alpha value is -0.840. The van der Waals surface area contributed by atoms with Crippen molar-refractivity contribution >= 4 is 5.78 Å². The Labute approximate surface area is 79.9 Å². The average Bonchev–Trinajstić information content (AvgIpc) is 2.96. The van der Waals surface area contributed by atoms with E-state index in [4.69, 9.17) is 5.26 Å². The number of hydrogen-bond acceptors (Lipinski definition) is 2. The fourth-order valence-corrected chi connectivity index (χ4v) is 1.66. The number of Topliss-reactive ketones (excluding diaryl/α,β-unsaturated/α-hetero) is 1. The summed E-state index contributed by atoms with van der Waals surface area (Å²) in [6.45, 7) is 6.02. The second kappa shape index (κ2) is 3.14. The molecule has 1 rings (SSSR count). The maximum absolute atomic E-state index is 12.0. The lowest BCUT2D eigenvalue weighted by Gasteiger charge is -2.27. The highest BCUT2D eigenvalue weighted by Crippen LogP contribution is 2.51. The Morgan fingerprint density at radius 1 is 1.46 bits per heavy atom. The maximum Gasteiger partial charge on any atom is 0.158 e. The topological polar surface area (TPSA) is 40.9 Å². The molecule has 0 unspecified atom stereocenters. The van der Waals surface area contributed by atoms with E-state index < -0.39 is 5.41 Å². The van der Waals surface area contributed by atoms with E-state index in [0.717, 1.165) is 25.7 Å². The number of rotatable bonds is 4. The Kier molecular flexibility index (Phi) is 2.47. The van der Waals surface area contributed by atoms with Gasteiger partial charge in [-0.3, -0.25) is 4.79 Å². The van der Waals surface area contributed by atoms with Crippen molar-refractivity contribution in [2.75, 3.05) is 0 Å². The van der Waals surface area contributed by atoms with Gasteiger partial charge in [0.15, 0.2) is 5.78 Å². The molecular formula is C11H17NO. The van der Waals surface area contributed by atoms with E-state index in [-0.39, 0.29) is 11.2 Å². The van der Waals surface area contributed by atoms with Crippen molar-refractivity contribution in [3.05, 3.63) is 0 Å². The first-order valence-electron chi connectivity index (χ1n) is 5.01. The summed E-state index contributed by atoms with van der Waals surface area (Å²) in [4.78, 5) is 12.0. The van der Waals surface area contributed by atoms with Crippen molar-refractivity contribution < 1.29 is 4.79 Å². The van der Waals surface area contributed by atoms with Crippen LogP contribution in [0.3, 0.4) is 0 Å². The molecular weight excluding hydrogens is 162 g/mol. The zero-order valence-corrected chi connectivity index (χ0v) is 8.68. The third-order valence-corrected chi connectivity index (χ3v) is 3.51. The van der Waals surface area contributed by atoms with Crippen LogP contribution in [0.25, 0.3) is 0 Å². The molecule has 1 aliphatic rings. The molecule has 0 atom stereocenters. The predicted octanol–water partition coefficient (Wildman–Crippen LogP) is 2.69. The van der Waals surface area contributed by atoms with E-state index in [1.165, 1.54) is 0 Å². The Bertz CT molecular complexity index is 254. The van der Waals surface area contributed by atoms with Crippen molar-refractivity contribution in [2.24, 2.45) is 10.8 Å². The summed E-state index contributed by atoms with van der Waals surface area (Å²) in [7, 11) is 0. The van der Waals surface area contributed by atoms with Crippen molar-refractivity contribution in [2.45, 2.75) is 46.5 Å². The van der Waals surface area contributed by atoms with E-state index in [9.17, 15) is 4.79 Å². The summed E-state index contributed by atoms with van der Waals surface area (Å²) in [5.41, 5.74) is -0.868. The largest absolute Gasteiger partial charge is 0.297 e. The summed E-state index contributed by atoms with van der Waals surface area (Å²) >= 11 is 0. The molecule has 2 nitrogen and oxygen atoms in total. The Morgan fingerprint density at radius 3 is 2.15 bits per heavy atom. The molecule has 13 heavy (non-hydrogen) atoms. The summed E-state index contributed by atoms with van der Waals surface area (Å²) in [5, 5.41) is 8.91. The molecule has 0 amide bonds. The lowest BCUT2D eigenvalue weighted by molar-refractivity contribution is -0.131. The van der Waals surface area contributed by atoms with Gasteiger partial charge >= 0.3 is 0 Å². The van der Waals surface area contributed by atoms with Crippen LogP contribution in [0.2, 0.25) is 0 Å². The molecule has 0 bridgehead atoms. The van der Waals surface area contributed by atoms with Crippen LogP contribution in [0.15, 0.2) is 0 Å². The summed E-state index contributed by atoms with van der Waals surface area (Å²) in [6.07, 6.45) is 3.23. The molecule has 72 valence electrons. The first kappa shape index (κ1) is 10.2. The standard InChI is InChI=1S/C11H17NO/c1-4-10(3,5-2)9(13)11(8-12)6-7-11/h4-7H2,1-3H3. The van der Waals surface area contributed by atoms with Crippen LogP contribution in [-0.2, 0) is 4.79 Å². The van der Waals surface area contributed by atoms with Gasteiger partial charge in [0.25, 0.3) is 0 Å². The maximum atomic E-state index is 12.0. The quantitative estimate of drug-likeness (QED) is 0.665. The third kappa shape index (κ3) is 1.48. The van der Waals surface area contributed by atoms with Gasteiger partial charge in [-0.05, 0) is 25.7 Å². The minimum atomic E-state index is -0.596. The average molecular weight is 179 g/mol. The smallest absolute Gasteiger partial charge is 0.158 e. The van der Waals surface area contributed by atoms with Crippen LogP contribution in [0.4, 0.5) is 0 Å². The van der Waals surface area contributed by atoms with Gasteiger partial charge in [0.1, 0.15) is 5.41 Å². The molecule has 1 fully saturated rings. The lowest BCUT2D eigenvalue weighted by Crippen LogP contribution is -2.33. The van der Waals surface area contributed by atoms with Gasteiger partial charge in [0, 0.05) is 5.41 Å². The van der Waals surface area contributed by atoms with Crippen LogP contribution in [0, 0.1) is 22.2 Å². The first-order chi connectivity index (χ1) is 6.04. The fourth-order valence-electron chi connectivity index (χ4n) is 1.66. The van der Waals surface area contributed by atoms with Gasteiger partial charge in [0.05, 0.1) is 6.07 Å². The van der Waals surface area contributed by atoms with Crippen LogP contribution in [0.1, 0.15) is 46.5 Å². The Balaban J connectivity index is 2.84. The van der Waals surface area contributed by atoms with Crippen molar-refractivity contribution in [1.82, 2.24) is 0 Å². The third-order valence-electron chi connectivity index (χ3n) is 3.51. The molecule has 0 heterocycles. The van der Waals surface area contributed by atoms with Gasteiger partial charge in [-0.1, -0.05) is 20.8 Å². The molecule has 2 heteroatoms. The normalized spacial score (nSPS) is 19.2. The molecule has 0 spiro atoms. The summed E-state index contributed by atoms with van der Waals surface area (Å²) in [6, 6.07) is 2.18. The number of carbonyl (C=O) groups is 1. The SMILES string of the molecule is CCC(C)(CC)C(=O)C1(C#N)CC1. The molecule has 1 aliphatic carbocycles. The second-order valence-corrected chi connectivity index (χ2v) is 4.29. The molecule has 0 aromatic carbocycles. The number of ketones is 1. The van der Waals surface area contributed by atoms with E-state index >= 15 is 0 Å². The van der Waals surface area contributed by atoms with Crippen molar-refractivity contribution in [1.29, 1.82) is 5.26 Å². The van der Waals surface area contributed by atoms with Crippen molar-refractivity contribution in [3.63, 3.8) is 0 Å². The summed E-state index contributed by atoms with van der Waals surface area (Å²) in [5.74, 6) is 0.174. The molecule has 0 aromatic heterocycles. The Morgan fingerprint density at radius 2 is 1.92 bits per heavy atom. The number of carbonyl (C=O) groups excluding carboxylic acids is 1. The van der Waals surface area contributed by atoms with Crippen LogP contribution in [-0.4, -0.2) is 5.78 Å². The molecule has 1 saturated carbocycles. The highest BCUT2D eigenvalue weighted by atomic mass is 16.1. The highest BCUT2D eigenvalue weighted by Gasteiger charge is 2.55. The summed E-state index contributed by atoms with van der Waals surface area (Å²) < 4.78 is 0. The number of nitrogens with zero attached hydrogens (tertiary/aromatic N) is 1. The second-order valence-electron chi connectivity index (χ2n) is 4.29. The minimum absolute atomic E-state index is 0.174. The van der Waals surface area contributed by atoms with Gasteiger partial charge in [-0.2, -0.15) is 5.26 Å². The van der Waals surface area contributed by atoms with Gasteiger partial charge in [-0.25, -0.2) is 0 Å². The van der Waals surface area contributed by atoms with E-state index in [2.05, 4.69) is 6.07 Å². The molecule has 0 saturated heterocycles. The zero-order valence-electron chi connectivity index (χ0n) is 8.68. The van der Waals surface area contributed by atoms with Gasteiger partial charge in [-0.15, -0.1) is 0 Å². The number of nitriles is 1. The van der Waals surface area contributed by atoms with E-state index in [1.807, 2.05) is 20.8 Å². The highest BCUT2D eigenvalue weighted by molar-refractivity contribution is 5.94. The van der Waals surface area contributed by atoms with Crippen LogP contribution in [0.5, 0.6) is 0 Å². The van der Waals surface area contributed by atoms with E-state index in [1.54, 1.807) is 0 Å². The zero-order chi connectivity index (χ0) is 10.1. The van der Waals surface area contributed by atoms with Crippen LogP contribution < -0.4 is 0 Å².